The maximum atomic E-state index is 13.4. The Morgan fingerprint density at radius 2 is 1.62 bits per heavy atom. The number of benzene rings is 2. The summed E-state index contributed by atoms with van der Waals surface area (Å²) in [6.07, 6.45) is 1.05. The van der Waals surface area contributed by atoms with Gasteiger partial charge < -0.3 is 15.0 Å². The lowest BCUT2D eigenvalue weighted by molar-refractivity contribution is -0.139. The molecule has 1 atom stereocenters. The molecule has 0 saturated heterocycles. The van der Waals surface area contributed by atoms with E-state index in [0.29, 0.717) is 24.6 Å². The summed E-state index contributed by atoms with van der Waals surface area (Å²) in [7, 11) is -3.77. The molecule has 0 aliphatic carbocycles. The van der Waals surface area contributed by atoms with Gasteiger partial charge in [0, 0.05) is 13.1 Å². The summed E-state index contributed by atoms with van der Waals surface area (Å²) in [6.45, 7) is 8.19. The molecule has 0 heterocycles. The highest BCUT2D eigenvalue weighted by atomic mass is 32.2. The number of carbonyl (C=O) groups is 2. The molecule has 0 spiro atoms. The van der Waals surface area contributed by atoms with Crippen LogP contribution in [-0.4, -0.2) is 57.1 Å². The number of anilines is 1. The van der Waals surface area contributed by atoms with E-state index in [-0.39, 0.29) is 18.4 Å². The van der Waals surface area contributed by atoms with E-state index in [1.165, 1.54) is 4.90 Å². The molecule has 0 aliphatic heterocycles. The van der Waals surface area contributed by atoms with Crippen LogP contribution in [0.1, 0.15) is 33.3 Å². The number of carbonyl (C=O) groups excluding carboxylic acids is 2. The highest BCUT2D eigenvalue weighted by molar-refractivity contribution is 7.92. The number of nitrogens with zero attached hydrogens (tertiary/aromatic N) is 2. The molecule has 0 fully saturated rings. The SMILES string of the molecule is CCOc1ccc(N(CC(=O)N(Cc2ccccc2)[C@@H](C)C(=O)NCC(C)C)S(C)(=O)=O)cc1. The lowest BCUT2D eigenvalue weighted by atomic mass is 10.1. The van der Waals surface area contributed by atoms with Crippen LogP contribution < -0.4 is 14.4 Å². The number of rotatable bonds is 12. The average molecular weight is 490 g/mol. The fourth-order valence-electron chi connectivity index (χ4n) is 3.30. The van der Waals surface area contributed by atoms with Crippen molar-refractivity contribution in [3.8, 4) is 5.75 Å². The van der Waals surface area contributed by atoms with Crippen LogP contribution in [0, 0.1) is 5.92 Å². The number of hydrogen-bond acceptors (Lipinski definition) is 5. The van der Waals surface area contributed by atoms with Gasteiger partial charge in [0.1, 0.15) is 18.3 Å². The highest BCUT2D eigenvalue weighted by Gasteiger charge is 2.30. The van der Waals surface area contributed by atoms with Crippen LogP contribution in [0.4, 0.5) is 5.69 Å². The third-order valence-corrected chi connectivity index (χ3v) is 6.30. The third-order valence-electron chi connectivity index (χ3n) is 5.16. The van der Waals surface area contributed by atoms with Crippen LogP contribution in [0.2, 0.25) is 0 Å². The fraction of sp³-hybridized carbons (Fsp3) is 0.440. The molecule has 2 rings (SSSR count). The number of amides is 2. The fourth-order valence-corrected chi connectivity index (χ4v) is 4.15. The molecule has 2 aromatic carbocycles. The van der Waals surface area contributed by atoms with Crippen molar-refractivity contribution in [3.63, 3.8) is 0 Å². The number of sulfonamides is 1. The van der Waals surface area contributed by atoms with Crippen LogP contribution >= 0.6 is 0 Å². The minimum absolute atomic E-state index is 0.177. The van der Waals surface area contributed by atoms with Gasteiger partial charge in [-0.1, -0.05) is 44.2 Å². The maximum Gasteiger partial charge on any atom is 0.244 e. The second-order valence-corrected chi connectivity index (χ2v) is 10.4. The van der Waals surface area contributed by atoms with Gasteiger partial charge in [-0.25, -0.2) is 8.42 Å². The van der Waals surface area contributed by atoms with Crippen molar-refractivity contribution in [2.45, 2.75) is 40.3 Å². The van der Waals surface area contributed by atoms with Gasteiger partial charge in [-0.05, 0) is 49.6 Å². The Morgan fingerprint density at radius 1 is 1.00 bits per heavy atom. The van der Waals surface area contributed by atoms with Gasteiger partial charge in [0.2, 0.25) is 21.8 Å². The lowest BCUT2D eigenvalue weighted by Gasteiger charge is -2.31. The molecular formula is C25H35N3O5S. The Labute approximate surface area is 202 Å². The summed E-state index contributed by atoms with van der Waals surface area (Å²) in [5.41, 5.74) is 1.18. The van der Waals surface area contributed by atoms with Crippen molar-refractivity contribution in [3.05, 3.63) is 60.2 Å². The molecule has 8 nitrogen and oxygen atoms in total. The van der Waals surface area contributed by atoms with Crippen molar-refractivity contribution in [1.82, 2.24) is 10.2 Å². The van der Waals surface area contributed by atoms with Gasteiger partial charge in [-0.15, -0.1) is 0 Å². The van der Waals surface area contributed by atoms with Crippen molar-refractivity contribution in [1.29, 1.82) is 0 Å². The van der Waals surface area contributed by atoms with E-state index in [1.54, 1.807) is 31.2 Å². The zero-order chi connectivity index (χ0) is 25.3. The predicted molar refractivity (Wildman–Crippen MR) is 134 cm³/mol. The second-order valence-electron chi connectivity index (χ2n) is 8.52. The van der Waals surface area contributed by atoms with Gasteiger partial charge in [-0.2, -0.15) is 0 Å². The first-order chi connectivity index (χ1) is 16.0. The van der Waals surface area contributed by atoms with Crippen LogP contribution in [0.5, 0.6) is 5.75 Å². The molecule has 1 N–H and O–H groups in total. The largest absolute Gasteiger partial charge is 0.494 e. The molecule has 0 aromatic heterocycles. The van der Waals surface area contributed by atoms with E-state index < -0.39 is 28.5 Å². The van der Waals surface area contributed by atoms with Gasteiger partial charge >= 0.3 is 0 Å². The molecule has 0 radical (unpaired) electrons. The number of hydrogen-bond donors (Lipinski definition) is 1. The highest BCUT2D eigenvalue weighted by Crippen LogP contribution is 2.22. The molecular weight excluding hydrogens is 454 g/mol. The summed E-state index contributed by atoms with van der Waals surface area (Å²) >= 11 is 0. The zero-order valence-electron chi connectivity index (χ0n) is 20.5. The van der Waals surface area contributed by atoms with Gasteiger partial charge in [0.15, 0.2) is 0 Å². The van der Waals surface area contributed by atoms with E-state index in [9.17, 15) is 18.0 Å². The van der Waals surface area contributed by atoms with Crippen molar-refractivity contribution < 1.29 is 22.7 Å². The van der Waals surface area contributed by atoms with Gasteiger partial charge in [0.05, 0.1) is 18.6 Å². The molecule has 186 valence electrons. The summed E-state index contributed by atoms with van der Waals surface area (Å²) in [5.74, 6) is 0.0994. The van der Waals surface area contributed by atoms with Crippen LogP contribution in [0.3, 0.4) is 0 Å². The minimum atomic E-state index is -3.77. The molecule has 2 amide bonds. The van der Waals surface area contributed by atoms with Gasteiger partial charge in [0.25, 0.3) is 0 Å². The second kappa shape index (κ2) is 12.4. The smallest absolute Gasteiger partial charge is 0.244 e. The molecule has 34 heavy (non-hydrogen) atoms. The Morgan fingerprint density at radius 3 is 2.15 bits per heavy atom. The van der Waals surface area contributed by atoms with Crippen LogP contribution in [0.25, 0.3) is 0 Å². The topological polar surface area (TPSA) is 96.0 Å². The Balaban J connectivity index is 2.31. The van der Waals surface area contributed by atoms with Gasteiger partial charge in [-0.3, -0.25) is 13.9 Å². The van der Waals surface area contributed by atoms with Crippen LogP contribution in [-0.2, 0) is 26.2 Å². The van der Waals surface area contributed by atoms with Crippen molar-refractivity contribution in [2.24, 2.45) is 5.92 Å². The monoisotopic (exact) mass is 489 g/mol. The maximum absolute atomic E-state index is 13.4. The Kier molecular flexibility index (Phi) is 9.92. The predicted octanol–water partition coefficient (Wildman–Crippen LogP) is 3.04. The summed E-state index contributed by atoms with van der Waals surface area (Å²) in [5, 5.41) is 2.86. The first kappa shape index (κ1) is 27.2. The van der Waals surface area contributed by atoms with Crippen LogP contribution in [0.15, 0.2) is 54.6 Å². The van der Waals surface area contributed by atoms with E-state index in [2.05, 4.69) is 5.32 Å². The number of nitrogens with one attached hydrogen (secondary N) is 1. The Bertz CT molecular complexity index is 1040. The molecule has 0 saturated carbocycles. The molecule has 9 heteroatoms. The Hall–Kier alpha value is -3.07. The average Bonchev–Trinajstić information content (AvgIpc) is 2.79. The lowest BCUT2D eigenvalue weighted by Crippen LogP contribution is -2.51. The minimum Gasteiger partial charge on any atom is -0.494 e. The molecule has 0 aliphatic rings. The van der Waals surface area contributed by atoms with E-state index in [0.717, 1.165) is 16.1 Å². The van der Waals surface area contributed by atoms with Crippen molar-refractivity contribution >= 4 is 27.5 Å². The van der Waals surface area contributed by atoms with E-state index >= 15 is 0 Å². The molecule has 0 unspecified atom stereocenters. The van der Waals surface area contributed by atoms with Crippen molar-refractivity contribution in [2.75, 3.05) is 30.3 Å². The van der Waals surface area contributed by atoms with E-state index in [1.807, 2.05) is 51.1 Å². The molecule has 2 aromatic rings. The van der Waals surface area contributed by atoms with E-state index in [4.69, 9.17) is 4.74 Å². The third kappa shape index (κ3) is 8.06. The summed E-state index contributed by atoms with van der Waals surface area (Å²) < 4.78 is 31.6. The first-order valence-corrected chi connectivity index (χ1v) is 13.2. The molecule has 0 bridgehead atoms. The number of ether oxygens (including phenoxy) is 1. The normalized spacial score (nSPS) is 12.2. The summed E-state index contributed by atoms with van der Waals surface area (Å²) in [4.78, 5) is 27.6. The summed E-state index contributed by atoms with van der Waals surface area (Å²) in [6, 6.07) is 15.0. The first-order valence-electron chi connectivity index (χ1n) is 11.3. The zero-order valence-corrected chi connectivity index (χ0v) is 21.3. The quantitative estimate of drug-likeness (QED) is 0.494. The standard InChI is InChI=1S/C25H35N3O5S/c1-6-33-23-14-12-22(13-15-23)28(34(5,31)32)18-24(29)27(17-21-10-8-7-9-11-21)20(4)25(30)26-16-19(2)3/h7-15,19-20H,6,16-18H2,1-5H3,(H,26,30)/t20-/m0/s1.